The van der Waals surface area contributed by atoms with E-state index >= 15 is 0 Å². The van der Waals surface area contributed by atoms with E-state index in [0.717, 1.165) is 5.56 Å². The molecule has 1 amide bonds. The molecule has 0 aliphatic heterocycles. The van der Waals surface area contributed by atoms with Crippen LogP contribution in [0, 0.1) is 6.92 Å². The van der Waals surface area contributed by atoms with Crippen molar-refractivity contribution in [3.63, 3.8) is 0 Å². The monoisotopic (exact) mass is 393 g/mol. The van der Waals surface area contributed by atoms with Gasteiger partial charge in [0.2, 0.25) is 5.89 Å². The molecule has 4 aromatic rings. The molecule has 2 heterocycles. The second-order valence-electron chi connectivity index (χ2n) is 6.15. The third-order valence-electron chi connectivity index (χ3n) is 4.29. The van der Waals surface area contributed by atoms with Crippen molar-refractivity contribution in [2.24, 2.45) is 0 Å². The molecule has 2 aromatic heterocycles. The third kappa shape index (κ3) is 3.30. The number of amides is 1. The number of nitrogens with one attached hydrogen (secondary N) is 1. The van der Waals surface area contributed by atoms with E-state index in [9.17, 15) is 4.79 Å². The standard InChI is InChI=1S/C21H16ClN3O3/c1-12-5-3-6-14(18(12)27-2)20(26)24-16-11-13(8-9-15(16)22)21-25-19-17(28-21)7-4-10-23-19/h3-11H,1-2H3,(H,24,26). The summed E-state index contributed by atoms with van der Waals surface area (Å²) in [5.74, 6) is 0.602. The van der Waals surface area contributed by atoms with Crippen LogP contribution in [0.2, 0.25) is 5.02 Å². The summed E-state index contributed by atoms with van der Waals surface area (Å²) in [5.41, 5.74) is 3.52. The van der Waals surface area contributed by atoms with Crippen LogP contribution < -0.4 is 10.1 Å². The Balaban J connectivity index is 1.68. The Labute approximate surface area is 166 Å². The van der Waals surface area contributed by atoms with Crippen LogP contribution in [0.1, 0.15) is 15.9 Å². The summed E-state index contributed by atoms with van der Waals surface area (Å²) >= 11 is 6.29. The number of aryl methyl sites for hydroxylation is 1. The number of anilines is 1. The Bertz CT molecular complexity index is 1150. The van der Waals surface area contributed by atoms with E-state index in [0.29, 0.717) is 44.7 Å². The number of aromatic nitrogens is 2. The van der Waals surface area contributed by atoms with Crippen LogP contribution in [0.3, 0.4) is 0 Å². The molecule has 7 heteroatoms. The van der Waals surface area contributed by atoms with Gasteiger partial charge in [-0.2, -0.15) is 4.98 Å². The highest BCUT2D eigenvalue weighted by atomic mass is 35.5. The fraction of sp³-hybridized carbons (Fsp3) is 0.0952. The molecule has 6 nitrogen and oxygen atoms in total. The van der Waals surface area contributed by atoms with Crippen molar-refractivity contribution in [3.8, 4) is 17.2 Å². The topological polar surface area (TPSA) is 77.2 Å². The van der Waals surface area contributed by atoms with Crippen LogP contribution in [0.5, 0.6) is 5.75 Å². The molecule has 1 N–H and O–H groups in total. The van der Waals surface area contributed by atoms with Gasteiger partial charge in [0, 0.05) is 11.8 Å². The molecule has 0 atom stereocenters. The zero-order valence-electron chi connectivity index (χ0n) is 15.2. The average molecular weight is 394 g/mol. The van der Waals surface area contributed by atoms with E-state index in [1.807, 2.05) is 13.0 Å². The maximum absolute atomic E-state index is 12.8. The summed E-state index contributed by atoms with van der Waals surface area (Å²) < 4.78 is 11.1. The van der Waals surface area contributed by atoms with Gasteiger partial charge in [0.25, 0.3) is 5.91 Å². The van der Waals surface area contributed by atoms with Crippen LogP contribution in [0.15, 0.2) is 59.1 Å². The molecule has 0 saturated carbocycles. The molecule has 0 aliphatic carbocycles. The highest BCUT2D eigenvalue weighted by Gasteiger charge is 2.17. The van der Waals surface area contributed by atoms with E-state index in [4.69, 9.17) is 20.8 Å². The molecule has 0 aliphatic rings. The minimum absolute atomic E-state index is 0.321. The quantitative estimate of drug-likeness (QED) is 0.521. The van der Waals surface area contributed by atoms with E-state index in [-0.39, 0.29) is 5.91 Å². The Morgan fingerprint density at radius 3 is 2.82 bits per heavy atom. The lowest BCUT2D eigenvalue weighted by Gasteiger charge is -2.12. The number of hydrogen-bond donors (Lipinski definition) is 1. The summed E-state index contributed by atoms with van der Waals surface area (Å²) in [6, 6.07) is 14.1. The molecule has 0 spiro atoms. The highest BCUT2D eigenvalue weighted by Crippen LogP contribution is 2.31. The number of halogens is 1. The lowest BCUT2D eigenvalue weighted by Crippen LogP contribution is -2.14. The Morgan fingerprint density at radius 1 is 1.18 bits per heavy atom. The van der Waals surface area contributed by atoms with E-state index in [1.54, 1.807) is 48.7 Å². The minimum atomic E-state index is -0.321. The van der Waals surface area contributed by atoms with Crippen molar-refractivity contribution in [1.29, 1.82) is 0 Å². The zero-order chi connectivity index (χ0) is 19.7. The van der Waals surface area contributed by atoms with Crippen LogP contribution >= 0.6 is 11.6 Å². The van der Waals surface area contributed by atoms with Crippen LogP contribution in [-0.4, -0.2) is 23.0 Å². The summed E-state index contributed by atoms with van der Waals surface area (Å²) in [4.78, 5) is 21.3. The van der Waals surface area contributed by atoms with Gasteiger partial charge in [-0.1, -0.05) is 23.7 Å². The van der Waals surface area contributed by atoms with Gasteiger partial charge in [0.1, 0.15) is 5.75 Å². The van der Waals surface area contributed by atoms with Gasteiger partial charge in [-0.25, -0.2) is 4.98 Å². The number of hydrogen-bond acceptors (Lipinski definition) is 5. The molecule has 4 rings (SSSR count). The van der Waals surface area contributed by atoms with Gasteiger partial charge in [0.15, 0.2) is 11.2 Å². The molecule has 0 saturated heterocycles. The van der Waals surface area contributed by atoms with Crippen molar-refractivity contribution >= 4 is 34.4 Å². The van der Waals surface area contributed by atoms with Gasteiger partial charge in [-0.15, -0.1) is 0 Å². The molecule has 28 heavy (non-hydrogen) atoms. The first kappa shape index (κ1) is 18.0. The summed E-state index contributed by atoms with van der Waals surface area (Å²) in [7, 11) is 1.54. The Kier molecular flexibility index (Phi) is 4.71. The summed E-state index contributed by atoms with van der Waals surface area (Å²) in [6.45, 7) is 1.88. The molecular weight excluding hydrogens is 378 g/mol. The van der Waals surface area contributed by atoms with E-state index < -0.39 is 0 Å². The largest absolute Gasteiger partial charge is 0.496 e. The van der Waals surface area contributed by atoms with Gasteiger partial charge < -0.3 is 14.5 Å². The maximum Gasteiger partial charge on any atom is 0.259 e. The molecule has 0 bridgehead atoms. The number of rotatable bonds is 4. The van der Waals surface area contributed by atoms with Gasteiger partial charge in [0.05, 0.1) is 23.4 Å². The number of carbonyl (C=O) groups excluding carboxylic acids is 1. The lowest BCUT2D eigenvalue weighted by molar-refractivity contribution is 0.102. The maximum atomic E-state index is 12.8. The smallest absolute Gasteiger partial charge is 0.259 e. The summed E-state index contributed by atoms with van der Waals surface area (Å²) in [5, 5.41) is 3.24. The second-order valence-corrected chi connectivity index (χ2v) is 6.56. The predicted molar refractivity (Wildman–Crippen MR) is 108 cm³/mol. The number of pyridine rings is 1. The van der Waals surface area contributed by atoms with Crippen molar-refractivity contribution in [2.75, 3.05) is 12.4 Å². The van der Waals surface area contributed by atoms with Crippen LogP contribution in [0.25, 0.3) is 22.7 Å². The average Bonchev–Trinajstić information content (AvgIpc) is 3.13. The third-order valence-corrected chi connectivity index (χ3v) is 4.62. The number of fused-ring (bicyclic) bond motifs is 1. The Morgan fingerprint density at radius 2 is 2.04 bits per heavy atom. The zero-order valence-corrected chi connectivity index (χ0v) is 15.9. The van der Waals surface area contributed by atoms with Crippen molar-refractivity contribution in [3.05, 3.63) is 70.9 Å². The second kappa shape index (κ2) is 7.32. The number of nitrogens with zero attached hydrogens (tertiary/aromatic N) is 2. The predicted octanol–water partition coefficient (Wildman–Crippen LogP) is 5.11. The lowest BCUT2D eigenvalue weighted by atomic mass is 10.1. The number of ether oxygens (including phenoxy) is 1. The van der Waals surface area contributed by atoms with Gasteiger partial charge >= 0.3 is 0 Å². The Hall–Kier alpha value is -3.38. The minimum Gasteiger partial charge on any atom is -0.496 e. The van der Waals surface area contributed by atoms with Crippen LogP contribution in [0.4, 0.5) is 5.69 Å². The fourth-order valence-corrected chi connectivity index (χ4v) is 3.10. The first-order chi connectivity index (χ1) is 13.6. The van der Waals surface area contributed by atoms with Crippen LogP contribution in [-0.2, 0) is 0 Å². The molecule has 2 aromatic carbocycles. The fourth-order valence-electron chi connectivity index (χ4n) is 2.94. The van der Waals surface area contributed by atoms with Crippen molar-refractivity contribution in [2.45, 2.75) is 6.92 Å². The number of carbonyl (C=O) groups is 1. The number of para-hydroxylation sites is 1. The van der Waals surface area contributed by atoms with Crippen molar-refractivity contribution in [1.82, 2.24) is 9.97 Å². The normalized spacial score (nSPS) is 10.8. The summed E-state index contributed by atoms with van der Waals surface area (Å²) in [6.07, 6.45) is 1.65. The van der Waals surface area contributed by atoms with E-state index in [2.05, 4.69) is 15.3 Å². The van der Waals surface area contributed by atoms with E-state index in [1.165, 1.54) is 7.11 Å². The first-order valence-corrected chi connectivity index (χ1v) is 8.91. The number of benzene rings is 2. The van der Waals surface area contributed by atoms with Crippen molar-refractivity contribution < 1.29 is 13.9 Å². The highest BCUT2D eigenvalue weighted by molar-refractivity contribution is 6.34. The number of oxazole rings is 1. The number of methoxy groups -OCH3 is 1. The molecule has 0 radical (unpaired) electrons. The van der Waals surface area contributed by atoms with Gasteiger partial charge in [-0.3, -0.25) is 4.79 Å². The molecular formula is C21H16ClN3O3. The molecule has 0 fully saturated rings. The SMILES string of the molecule is COc1c(C)cccc1C(=O)Nc1cc(-c2nc3ncccc3o2)ccc1Cl. The first-order valence-electron chi connectivity index (χ1n) is 8.53. The molecule has 140 valence electrons. The molecule has 0 unspecified atom stereocenters. The van der Waals surface area contributed by atoms with Gasteiger partial charge in [-0.05, 0) is 48.9 Å².